The van der Waals surface area contributed by atoms with Gasteiger partial charge in [-0.15, -0.1) is 11.3 Å². The van der Waals surface area contributed by atoms with Gasteiger partial charge in [-0.3, -0.25) is 14.3 Å². The van der Waals surface area contributed by atoms with Gasteiger partial charge in [-0.1, -0.05) is 6.07 Å². The summed E-state index contributed by atoms with van der Waals surface area (Å²) in [6.07, 6.45) is 0.0924. The standard InChI is InChI=1S/C24H24N4O3S/c1-14-5-10-20-21(11-14)32-24(26-20)17-6-8-18(9-7-17)25-22(29)13-31-23(30)12-19-15(2)27-28(4)16(19)3/h5-11H,12-13H2,1-4H3,(H,25,29). The first-order valence-electron chi connectivity index (χ1n) is 10.2. The van der Waals surface area contributed by atoms with Gasteiger partial charge in [0, 0.05) is 29.6 Å². The molecule has 2 heterocycles. The predicted octanol–water partition coefficient (Wildman–Crippen LogP) is 4.35. The first-order valence-corrected chi connectivity index (χ1v) is 11.0. The molecule has 0 aliphatic carbocycles. The molecule has 1 N–H and O–H groups in total. The summed E-state index contributed by atoms with van der Waals surface area (Å²) in [7, 11) is 1.83. The monoisotopic (exact) mass is 448 g/mol. The van der Waals surface area contributed by atoms with E-state index in [9.17, 15) is 9.59 Å². The Morgan fingerprint density at radius 2 is 1.84 bits per heavy atom. The highest BCUT2D eigenvalue weighted by molar-refractivity contribution is 7.21. The SMILES string of the molecule is Cc1ccc2nc(-c3ccc(NC(=O)COC(=O)Cc4c(C)nn(C)c4C)cc3)sc2c1. The number of hydrogen-bond acceptors (Lipinski definition) is 6. The summed E-state index contributed by atoms with van der Waals surface area (Å²) in [5, 5.41) is 7.97. The molecule has 0 aliphatic heterocycles. The maximum absolute atomic E-state index is 12.2. The Balaban J connectivity index is 1.32. The Hall–Kier alpha value is -3.52. The normalized spacial score (nSPS) is 11.0. The Kier molecular flexibility index (Phi) is 6.05. The van der Waals surface area contributed by atoms with E-state index in [-0.39, 0.29) is 18.9 Å². The second-order valence-electron chi connectivity index (χ2n) is 7.73. The number of anilines is 1. The summed E-state index contributed by atoms with van der Waals surface area (Å²) in [4.78, 5) is 29.0. The van der Waals surface area contributed by atoms with Crippen molar-refractivity contribution < 1.29 is 14.3 Å². The molecule has 164 valence electrons. The number of fused-ring (bicyclic) bond motifs is 1. The zero-order chi connectivity index (χ0) is 22.8. The quantitative estimate of drug-likeness (QED) is 0.443. The van der Waals surface area contributed by atoms with Crippen molar-refractivity contribution in [1.29, 1.82) is 0 Å². The maximum atomic E-state index is 12.2. The van der Waals surface area contributed by atoms with Gasteiger partial charge in [-0.05, 0) is 62.7 Å². The van der Waals surface area contributed by atoms with E-state index in [1.807, 2.05) is 51.2 Å². The minimum atomic E-state index is -0.458. The molecule has 2 aromatic heterocycles. The van der Waals surface area contributed by atoms with E-state index >= 15 is 0 Å². The zero-order valence-corrected chi connectivity index (χ0v) is 19.2. The lowest BCUT2D eigenvalue weighted by Crippen LogP contribution is -2.21. The fourth-order valence-corrected chi connectivity index (χ4v) is 4.53. The molecule has 2 aromatic carbocycles. The van der Waals surface area contributed by atoms with Crippen molar-refractivity contribution >= 4 is 39.1 Å². The summed E-state index contributed by atoms with van der Waals surface area (Å²) in [5.41, 5.74) is 6.32. The van der Waals surface area contributed by atoms with Crippen LogP contribution in [0.2, 0.25) is 0 Å². The average molecular weight is 449 g/mol. The van der Waals surface area contributed by atoms with E-state index in [0.29, 0.717) is 5.69 Å². The van der Waals surface area contributed by atoms with Crippen molar-refractivity contribution in [3.63, 3.8) is 0 Å². The number of aryl methyl sites for hydroxylation is 3. The molecule has 0 radical (unpaired) electrons. The Labute approximate surface area is 190 Å². The van der Waals surface area contributed by atoms with Crippen LogP contribution in [0.15, 0.2) is 42.5 Å². The third-order valence-corrected chi connectivity index (χ3v) is 6.37. The highest BCUT2D eigenvalue weighted by atomic mass is 32.1. The molecule has 0 unspecified atom stereocenters. The maximum Gasteiger partial charge on any atom is 0.310 e. The van der Waals surface area contributed by atoms with Crippen molar-refractivity contribution in [2.45, 2.75) is 27.2 Å². The van der Waals surface area contributed by atoms with E-state index in [0.717, 1.165) is 37.7 Å². The van der Waals surface area contributed by atoms with E-state index in [2.05, 4.69) is 34.5 Å². The van der Waals surface area contributed by atoms with E-state index < -0.39 is 5.97 Å². The minimum Gasteiger partial charge on any atom is -0.455 e. The number of carbonyl (C=O) groups excluding carboxylic acids is 2. The largest absolute Gasteiger partial charge is 0.455 e. The van der Waals surface area contributed by atoms with Crippen LogP contribution in [0.1, 0.15) is 22.5 Å². The number of carbonyl (C=O) groups is 2. The van der Waals surface area contributed by atoms with Gasteiger partial charge >= 0.3 is 5.97 Å². The molecule has 4 aromatic rings. The molecule has 0 fully saturated rings. The second kappa shape index (κ2) is 8.92. The molecule has 4 rings (SSSR count). The first-order chi connectivity index (χ1) is 15.3. The van der Waals surface area contributed by atoms with Crippen LogP contribution in [0.25, 0.3) is 20.8 Å². The van der Waals surface area contributed by atoms with E-state index in [4.69, 9.17) is 4.74 Å². The fourth-order valence-electron chi connectivity index (χ4n) is 3.46. The summed E-state index contributed by atoms with van der Waals surface area (Å²) < 4.78 is 8.01. The molecular weight excluding hydrogens is 424 g/mol. The van der Waals surface area contributed by atoms with Crippen molar-refractivity contribution in [2.24, 2.45) is 7.05 Å². The van der Waals surface area contributed by atoms with Crippen molar-refractivity contribution in [3.8, 4) is 10.6 Å². The first kappa shape index (κ1) is 21.7. The summed E-state index contributed by atoms with van der Waals surface area (Å²) in [6.45, 7) is 5.47. The number of nitrogens with zero attached hydrogens (tertiary/aromatic N) is 3. The van der Waals surface area contributed by atoms with Gasteiger partial charge < -0.3 is 10.1 Å². The predicted molar refractivity (Wildman–Crippen MR) is 126 cm³/mol. The number of amides is 1. The number of thiazole rings is 1. The lowest BCUT2D eigenvalue weighted by Gasteiger charge is -2.07. The Morgan fingerprint density at radius 1 is 1.09 bits per heavy atom. The fraction of sp³-hybridized carbons (Fsp3) is 0.250. The third kappa shape index (κ3) is 4.70. The smallest absolute Gasteiger partial charge is 0.310 e. The molecule has 0 saturated heterocycles. The number of benzene rings is 2. The molecule has 0 spiro atoms. The lowest BCUT2D eigenvalue weighted by molar-refractivity contribution is -0.146. The van der Waals surface area contributed by atoms with Gasteiger partial charge in [0.1, 0.15) is 5.01 Å². The third-order valence-electron chi connectivity index (χ3n) is 5.30. The number of aromatic nitrogens is 3. The molecule has 7 nitrogen and oxygen atoms in total. The van der Waals surface area contributed by atoms with Crippen LogP contribution in [0, 0.1) is 20.8 Å². The molecule has 0 aliphatic rings. The van der Waals surface area contributed by atoms with Crippen molar-refractivity contribution in [2.75, 3.05) is 11.9 Å². The number of nitrogens with one attached hydrogen (secondary N) is 1. The molecule has 32 heavy (non-hydrogen) atoms. The van der Waals surface area contributed by atoms with Gasteiger partial charge in [0.15, 0.2) is 6.61 Å². The topological polar surface area (TPSA) is 86.1 Å². The summed E-state index contributed by atoms with van der Waals surface area (Å²) in [6, 6.07) is 13.7. The van der Waals surface area contributed by atoms with Crippen LogP contribution in [0.4, 0.5) is 5.69 Å². The van der Waals surface area contributed by atoms with Crippen LogP contribution >= 0.6 is 11.3 Å². The summed E-state index contributed by atoms with van der Waals surface area (Å²) >= 11 is 1.64. The average Bonchev–Trinajstić information content (AvgIpc) is 3.28. The van der Waals surface area contributed by atoms with Gasteiger partial charge in [-0.25, -0.2) is 4.98 Å². The molecule has 1 amide bonds. The molecule has 0 saturated carbocycles. The van der Waals surface area contributed by atoms with Crippen LogP contribution < -0.4 is 5.32 Å². The van der Waals surface area contributed by atoms with Gasteiger partial charge in [0.25, 0.3) is 5.91 Å². The van der Waals surface area contributed by atoms with Crippen LogP contribution in [0.3, 0.4) is 0 Å². The van der Waals surface area contributed by atoms with E-state index in [1.54, 1.807) is 16.0 Å². The van der Waals surface area contributed by atoms with Crippen LogP contribution in [0.5, 0.6) is 0 Å². The highest BCUT2D eigenvalue weighted by Gasteiger charge is 2.15. The molecule has 0 atom stereocenters. The second-order valence-corrected chi connectivity index (χ2v) is 8.76. The number of rotatable bonds is 6. The van der Waals surface area contributed by atoms with Gasteiger partial charge in [0.2, 0.25) is 0 Å². The lowest BCUT2D eigenvalue weighted by atomic mass is 10.1. The summed E-state index contributed by atoms with van der Waals surface area (Å²) in [5.74, 6) is -0.845. The number of hydrogen-bond donors (Lipinski definition) is 1. The van der Waals surface area contributed by atoms with Crippen molar-refractivity contribution in [3.05, 3.63) is 65.0 Å². The van der Waals surface area contributed by atoms with E-state index in [1.165, 1.54) is 5.56 Å². The Bertz CT molecular complexity index is 1310. The van der Waals surface area contributed by atoms with Gasteiger partial charge in [0.05, 0.1) is 22.3 Å². The zero-order valence-electron chi connectivity index (χ0n) is 18.4. The molecule has 8 heteroatoms. The molecule has 0 bridgehead atoms. The van der Waals surface area contributed by atoms with Crippen LogP contribution in [-0.2, 0) is 27.8 Å². The van der Waals surface area contributed by atoms with Gasteiger partial charge in [-0.2, -0.15) is 5.10 Å². The number of ether oxygens (including phenoxy) is 1. The minimum absolute atomic E-state index is 0.0924. The van der Waals surface area contributed by atoms with Crippen molar-refractivity contribution in [1.82, 2.24) is 14.8 Å². The highest BCUT2D eigenvalue weighted by Crippen LogP contribution is 2.31. The number of esters is 1. The molecular formula is C24H24N4O3S. The Morgan fingerprint density at radius 3 is 2.53 bits per heavy atom. The van der Waals surface area contributed by atoms with Crippen LogP contribution in [-0.4, -0.2) is 33.2 Å².